The van der Waals surface area contributed by atoms with Crippen molar-refractivity contribution in [3.63, 3.8) is 0 Å². The SMILES string of the molecule is C[C@H]1CCCC[C@@]12NC(=O)N(Cc1cc(C#N)ccc1F)C2=O. The van der Waals surface area contributed by atoms with Gasteiger partial charge in [-0.1, -0.05) is 19.8 Å². The lowest BCUT2D eigenvalue weighted by atomic mass is 9.73. The maximum Gasteiger partial charge on any atom is 0.325 e. The van der Waals surface area contributed by atoms with Gasteiger partial charge in [-0.05, 0) is 37.0 Å². The lowest BCUT2D eigenvalue weighted by molar-refractivity contribution is -0.134. The number of hydrogen-bond acceptors (Lipinski definition) is 3. The number of benzene rings is 1. The Bertz CT molecular complexity index is 712. The molecule has 0 unspecified atom stereocenters. The van der Waals surface area contributed by atoms with Crippen LogP contribution in [0.25, 0.3) is 0 Å². The van der Waals surface area contributed by atoms with Crippen LogP contribution < -0.4 is 5.32 Å². The van der Waals surface area contributed by atoms with Crippen molar-refractivity contribution < 1.29 is 14.0 Å². The van der Waals surface area contributed by atoms with Crippen LogP contribution in [-0.4, -0.2) is 22.4 Å². The monoisotopic (exact) mass is 315 g/mol. The third kappa shape index (κ3) is 2.46. The second-order valence-electron chi connectivity index (χ2n) is 6.36. The number of hydrogen-bond donors (Lipinski definition) is 1. The van der Waals surface area contributed by atoms with E-state index in [-0.39, 0.29) is 23.9 Å². The van der Waals surface area contributed by atoms with E-state index in [9.17, 15) is 14.0 Å². The fourth-order valence-electron chi connectivity index (χ4n) is 3.57. The number of imide groups is 1. The van der Waals surface area contributed by atoms with Gasteiger partial charge in [0.25, 0.3) is 5.91 Å². The van der Waals surface area contributed by atoms with E-state index in [1.54, 1.807) is 0 Å². The van der Waals surface area contributed by atoms with Crippen molar-refractivity contribution in [2.24, 2.45) is 5.92 Å². The van der Waals surface area contributed by atoms with Gasteiger partial charge in [0.05, 0.1) is 18.2 Å². The van der Waals surface area contributed by atoms with Crippen LogP contribution in [0.5, 0.6) is 0 Å². The number of amides is 3. The Morgan fingerprint density at radius 2 is 2.22 bits per heavy atom. The summed E-state index contributed by atoms with van der Waals surface area (Å²) in [6.07, 6.45) is 3.45. The van der Waals surface area contributed by atoms with Gasteiger partial charge < -0.3 is 5.32 Å². The zero-order chi connectivity index (χ0) is 16.6. The third-order valence-electron chi connectivity index (χ3n) is 5.00. The summed E-state index contributed by atoms with van der Waals surface area (Å²) in [6, 6.07) is 5.39. The first-order valence-electron chi connectivity index (χ1n) is 7.80. The van der Waals surface area contributed by atoms with Crippen LogP contribution in [0.1, 0.15) is 43.7 Å². The number of nitrogens with one attached hydrogen (secondary N) is 1. The van der Waals surface area contributed by atoms with Crippen molar-refractivity contribution in [3.05, 3.63) is 35.1 Å². The van der Waals surface area contributed by atoms with Gasteiger partial charge in [0.1, 0.15) is 11.4 Å². The van der Waals surface area contributed by atoms with E-state index < -0.39 is 17.4 Å². The molecule has 2 aliphatic rings. The van der Waals surface area contributed by atoms with Crippen molar-refractivity contribution in [1.82, 2.24) is 10.2 Å². The largest absolute Gasteiger partial charge is 0.325 e. The van der Waals surface area contributed by atoms with Gasteiger partial charge in [0.15, 0.2) is 0 Å². The Labute approximate surface area is 134 Å². The average Bonchev–Trinajstić information content (AvgIpc) is 2.77. The highest BCUT2D eigenvalue weighted by molar-refractivity contribution is 6.07. The minimum absolute atomic E-state index is 0.0630. The zero-order valence-corrected chi connectivity index (χ0v) is 12.9. The first-order valence-corrected chi connectivity index (χ1v) is 7.80. The lowest BCUT2D eigenvalue weighted by Crippen LogP contribution is -2.53. The molecule has 1 aliphatic carbocycles. The lowest BCUT2D eigenvalue weighted by Gasteiger charge is -2.36. The predicted octanol–water partition coefficient (Wildman–Crippen LogP) is 2.70. The van der Waals surface area contributed by atoms with E-state index in [1.807, 2.05) is 13.0 Å². The predicted molar refractivity (Wildman–Crippen MR) is 80.6 cm³/mol. The second kappa shape index (κ2) is 5.65. The van der Waals surface area contributed by atoms with Crippen LogP contribution in [0, 0.1) is 23.1 Å². The van der Waals surface area contributed by atoms with Gasteiger partial charge in [-0.3, -0.25) is 9.69 Å². The van der Waals surface area contributed by atoms with Crippen LogP contribution in [0.2, 0.25) is 0 Å². The molecular weight excluding hydrogens is 297 g/mol. The molecule has 5 nitrogen and oxygen atoms in total. The van der Waals surface area contributed by atoms with Crippen molar-refractivity contribution in [2.45, 2.75) is 44.7 Å². The van der Waals surface area contributed by atoms with Crippen LogP contribution in [0.4, 0.5) is 9.18 Å². The van der Waals surface area contributed by atoms with E-state index >= 15 is 0 Å². The summed E-state index contributed by atoms with van der Waals surface area (Å²) in [5, 5.41) is 11.8. The summed E-state index contributed by atoms with van der Waals surface area (Å²) in [6.45, 7) is 1.82. The molecule has 1 heterocycles. The van der Waals surface area contributed by atoms with Crippen LogP contribution in [-0.2, 0) is 11.3 Å². The van der Waals surface area contributed by atoms with Gasteiger partial charge in [0.2, 0.25) is 0 Å². The number of nitrogens with zero attached hydrogens (tertiary/aromatic N) is 2. The molecule has 6 heteroatoms. The van der Waals surface area contributed by atoms with Gasteiger partial charge in [0, 0.05) is 5.56 Å². The van der Waals surface area contributed by atoms with Crippen LogP contribution >= 0.6 is 0 Å². The number of nitriles is 1. The summed E-state index contributed by atoms with van der Waals surface area (Å²) >= 11 is 0. The highest BCUT2D eigenvalue weighted by Crippen LogP contribution is 2.38. The fraction of sp³-hybridized carbons (Fsp3) is 0.471. The molecule has 2 fully saturated rings. The van der Waals surface area contributed by atoms with E-state index in [1.165, 1.54) is 18.2 Å². The third-order valence-corrected chi connectivity index (χ3v) is 5.00. The van der Waals surface area contributed by atoms with Crippen molar-refractivity contribution in [3.8, 4) is 6.07 Å². The van der Waals surface area contributed by atoms with Gasteiger partial charge in [-0.25, -0.2) is 9.18 Å². The highest BCUT2D eigenvalue weighted by Gasteiger charge is 2.54. The number of carbonyl (C=O) groups excluding carboxylic acids is 2. The molecule has 3 amide bonds. The molecule has 1 aromatic carbocycles. The smallest absolute Gasteiger partial charge is 0.323 e. The van der Waals surface area contributed by atoms with Crippen molar-refractivity contribution in [2.75, 3.05) is 0 Å². The Morgan fingerprint density at radius 3 is 2.91 bits per heavy atom. The molecule has 0 aromatic heterocycles. The Morgan fingerprint density at radius 1 is 1.43 bits per heavy atom. The zero-order valence-electron chi connectivity index (χ0n) is 12.9. The maximum atomic E-state index is 13.9. The first-order chi connectivity index (χ1) is 11.0. The molecule has 1 aromatic rings. The molecule has 1 saturated carbocycles. The second-order valence-corrected chi connectivity index (χ2v) is 6.36. The van der Waals surface area contributed by atoms with Crippen LogP contribution in [0.15, 0.2) is 18.2 Å². The highest BCUT2D eigenvalue weighted by atomic mass is 19.1. The molecule has 1 saturated heterocycles. The minimum atomic E-state index is -0.849. The summed E-state index contributed by atoms with van der Waals surface area (Å²) in [5.41, 5.74) is -0.374. The number of carbonyl (C=O) groups is 2. The van der Waals surface area contributed by atoms with Crippen molar-refractivity contribution in [1.29, 1.82) is 5.26 Å². The summed E-state index contributed by atoms with van der Waals surface area (Å²) in [7, 11) is 0. The summed E-state index contributed by atoms with van der Waals surface area (Å²) in [5.74, 6) is -0.744. The molecule has 0 bridgehead atoms. The van der Waals surface area contributed by atoms with E-state index in [0.29, 0.717) is 12.0 Å². The maximum absolute atomic E-state index is 13.9. The Hall–Kier alpha value is -2.42. The number of rotatable bonds is 2. The van der Waals surface area contributed by atoms with Gasteiger partial charge in [-0.15, -0.1) is 0 Å². The van der Waals surface area contributed by atoms with E-state index in [4.69, 9.17) is 5.26 Å². The molecule has 1 spiro atoms. The molecule has 0 radical (unpaired) electrons. The molecule has 23 heavy (non-hydrogen) atoms. The van der Waals surface area contributed by atoms with E-state index in [2.05, 4.69) is 5.32 Å². The first kappa shape index (κ1) is 15.5. The standard InChI is InChI=1S/C17H18FN3O2/c1-11-4-2-3-7-17(11)15(22)21(16(23)20-17)10-13-8-12(9-19)5-6-14(13)18/h5-6,8,11H,2-4,7,10H2,1H3,(H,20,23)/t11-,17+/m0/s1. The van der Waals surface area contributed by atoms with Gasteiger partial charge in [-0.2, -0.15) is 5.26 Å². The Kier molecular flexibility index (Phi) is 3.80. The molecular formula is C17H18FN3O2. The fourth-order valence-corrected chi connectivity index (χ4v) is 3.57. The average molecular weight is 315 g/mol. The van der Waals surface area contributed by atoms with Crippen LogP contribution in [0.3, 0.4) is 0 Å². The van der Waals surface area contributed by atoms with Crippen molar-refractivity contribution >= 4 is 11.9 Å². The number of urea groups is 1. The topological polar surface area (TPSA) is 73.2 Å². The number of halogens is 1. The molecule has 120 valence electrons. The summed E-state index contributed by atoms with van der Waals surface area (Å²) in [4.78, 5) is 26.2. The van der Waals surface area contributed by atoms with Gasteiger partial charge >= 0.3 is 6.03 Å². The molecule has 3 rings (SSSR count). The normalized spacial score (nSPS) is 27.2. The Balaban J connectivity index is 1.88. The minimum Gasteiger partial charge on any atom is -0.323 e. The molecule has 1 N–H and O–H groups in total. The quantitative estimate of drug-likeness (QED) is 0.853. The molecule has 1 aliphatic heterocycles. The molecule has 2 atom stereocenters. The summed E-state index contributed by atoms with van der Waals surface area (Å²) < 4.78 is 13.9. The van der Waals surface area contributed by atoms with E-state index in [0.717, 1.165) is 24.2 Å².